The third kappa shape index (κ3) is 4.54. The Morgan fingerprint density at radius 1 is 1.03 bits per heavy atom. The number of para-hydroxylation sites is 1. The summed E-state index contributed by atoms with van der Waals surface area (Å²) >= 11 is 0. The highest BCUT2D eigenvalue weighted by molar-refractivity contribution is 6.06. The molecule has 3 rings (SSSR count). The van der Waals surface area contributed by atoms with Gasteiger partial charge in [-0.15, -0.1) is 0 Å². The number of carbonyl (C=O) groups is 2. The van der Waals surface area contributed by atoms with E-state index in [9.17, 15) is 14.4 Å². The lowest BCUT2D eigenvalue weighted by Crippen LogP contribution is -2.23. The van der Waals surface area contributed by atoms with Gasteiger partial charge in [0.15, 0.2) is 0 Å². The molecule has 1 aromatic heterocycles. The van der Waals surface area contributed by atoms with Gasteiger partial charge in [0.1, 0.15) is 5.56 Å². The third-order valence-electron chi connectivity index (χ3n) is 4.68. The molecule has 0 bridgehead atoms. The number of amides is 1. The minimum atomic E-state index is -0.485. The van der Waals surface area contributed by atoms with Gasteiger partial charge in [-0.1, -0.05) is 25.5 Å². The molecule has 3 aromatic rings. The van der Waals surface area contributed by atoms with Crippen molar-refractivity contribution >= 4 is 28.5 Å². The van der Waals surface area contributed by atoms with Gasteiger partial charge in [-0.3, -0.25) is 9.59 Å². The maximum atomic E-state index is 12.8. The average molecular weight is 392 g/mol. The van der Waals surface area contributed by atoms with E-state index in [1.807, 2.05) is 30.5 Å². The molecule has 6 nitrogen and oxygen atoms in total. The number of ether oxygens (including phenoxy) is 1. The zero-order valence-electron chi connectivity index (χ0n) is 16.6. The van der Waals surface area contributed by atoms with Crippen LogP contribution in [0.2, 0.25) is 0 Å². The van der Waals surface area contributed by atoms with E-state index in [4.69, 9.17) is 4.74 Å². The number of hydrogen-bond acceptors (Lipinski definition) is 4. The zero-order chi connectivity index (χ0) is 20.8. The van der Waals surface area contributed by atoms with E-state index < -0.39 is 11.9 Å². The smallest absolute Gasteiger partial charge is 0.338 e. The fourth-order valence-corrected chi connectivity index (χ4v) is 3.05. The molecule has 0 unspecified atom stereocenters. The van der Waals surface area contributed by atoms with Crippen LogP contribution in [0.15, 0.2) is 59.5 Å². The number of aromatic nitrogens is 1. The van der Waals surface area contributed by atoms with Gasteiger partial charge in [0.05, 0.1) is 17.7 Å². The predicted octanol–water partition coefficient (Wildman–Crippen LogP) is 4.23. The Kier molecular flexibility index (Phi) is 6.44. The molecule has 6 heteroatoms. The van der Waals surface area contributed by atoms with Crippen LogP contribution in [-0.2, 0) is 11.3 Å². The van der Waals surface area contributed by atoms with E-state index in [0.717, 1.165) is 18.4 Å². The van der Waals surface area contributed by atoms with Gasteiger partial charge in [-0.2, -0.15) is 0 Å². The molecule has 0 aliphatic carbocycles. The Morgan fingerprint density at radius 3 is 2.45 bits per heavy atom. The minimum Gasteiger partial charge on any atom is -0.462 e. The van der Waals surface area contributed by atoms with Crippen molar-refractivity contribution < 1.29 is 14.3 Å². The van der Waals surface area contributed by atoms with Crippen LogP contribution in [0.5, 0.6) is 0 Å². The van der Waals surface area contributed by atoms with Crippen LogP contribution in [0.4, 0.5) is 5.69 Å². The van der Waals surface area contributed by atoms with Gasteiger partial charge in [-0.05, 0) is 49.7 Å². The van der Waals surface area contributed by atoms with E-state index in [-0.39, 0.29) is 11.0 Å². The number of hydrogen-bond donors (Lipinski definition) is 1. The highest BCUT2D eigenvalue weighted by Crippen LogP contribution is 2.15. The van der Waals surface area contributed by atoms with Crippen molar-refractivity contribution in [2.75, 3.05) is 11.9 Å². The van der Waals surface area contributed by atoms with Gasteiger partial charge in [-0.25, -0.2) is 4.79 Å². The van der Waals surface area contributed by atoms with Crippen molar-refractivity contribution in [1.29, 1.82) is 0 Å². The van der Waals surface area contributed by atoms with Gasteiger partial charge in [0.2, 0.25) is 5.43 Å². The number of fused-ring (bicyclic) bond motifs is 1. The summed E-state index contributed by atoms with van der Waals surface area (Å²) in [5, 5.41) is 3.24. The normalized spacial score (nSPS) is 10.7. The maximum Gasteiger partial charge on any atom is 0.338 e. The molecule has 1 amide bonds. The Morgan fingerprint density at radius 2 is 1.76 bits per heavy atom. The van der Waals surface area contributed by atoms with E-state index in [2.05, 4.69) is 5.32 Å². The minimum absolute atomic E-state index is 0.0774. The van der Waals surface area contributed by atoms with E-state index in [0.29, 0.717) is 29.8 Å². The molecule has 1 heterocycles. The van der Waals surface area contributed by atoms with Gasteiger partial charge < -0.3 is 14.6 Å². The van der Waals surface area contributed by atoms with E-state index >= 15 is 0 Å². The summed E-state index contributed by atoms with van der Waals surface area (Å²) in [4.78, 5) is 37.4. The molecular formula is C23H24N2O4. The van der Waals surface area contributed by atoms with Crippen molar-refractivity contribution in [2.24, 2.45) is 0 Å². The summed E-state index contributed by atoms with van der Waals surface area (Å²) in [6.07, 6.45) is 3.35. The second kappa shape index (κ2) is 9.19. The molecule has 0 radical (unpaired) electrons. The predicted molar refractivity (Wildman–Crippen MR) is 113 cm³/mol. The highest BCUT2D eigenvalue weighted by Gasteiger charge is 2.15. The monoisotopic (exact) mass is 392 g/mol. The topological polar surface area (TPSA) is 77.4 Å². The lowest BCUT2D eigenvalue weighted by Gasteiger charge is -2.12. The van der Waals surface area contributed by atoms with Gasteiger partial charge in [0.25, 0.3) is 5.91 Å². The number of aryl methyl sites for hydroxylation is 1. The Hall–Kier alpha value is -3.41. The standard InChI is InChI=1S/C23H24N2O4/c1-3-5-14-29-23(28)16-10-12-17(13-11-16)24-22(27)19-15-25(4-2)20-9-7-6-8-18(20)21(19)26/h6-13,15H,3-5,14H2,1-2H3,(H,24,27). The number of rotatable bonds is 7. The lowest BCUT2D eigenvalue weighted by atomic mass is 10.1. The number of benzene rings is 2. The fraction of sp³-hybridized carbons (Fsp3) is 0.261. The van der Waals surface area contributed by atoms with Crippen LogP contribution in [-0.4, -0.2) is 23.1 Å². The van der Waals surface area contributed by atoms with E-state index in [1.54, 1.807) is 42.6 Å². The second-order valence-electron chi connectivity index (χ2n) is 6.70. The van der Waals surface area contributed by atoms with Crippen LogP contribution in [0.25, 0.3) is 10.9 Å². The number of unbranched alkanes of at least 4 members (excludes halogenated alkanes) is 1. The second-order valence-corrected chi connectivity index (χ2v) is 6.70. The number of esters is 1. The molecule has 0 spiro atoms. The molecule has 0 fully saturated rings. The molecule has 0 atom stereocenters. The van der Waals surface area contributed by atoms with Crippen molar-refractivity contribution in [3.05, 3.63) is 76.1 Å². The quantitative estimate of drug-likeness (QED) is 0.482. The van der Waals surface area contributed by atoms with E-state index in [1.165, 1.54) is 0 Å². The molecule has 2 aromatic carbocycles. The third-order valence-corrected chi connectivity index (χ3v) is 4.68. The molecule has 150 valence electrons. The largest absolute Gasteiger partial charge is 0.462 e. The summed E-state index contributed by atoms with van der Waals surface area (Å²) in [5.74, 6) is -0.877. The Balaban J connectivity index is 1.79. The Bertz CT molecular complexity index is 1080. The Labute approximate surface area is 169 Å². The highest BCUT2D eigenvalue weighted by atomic mass is 16.5. The fourth-order valence-electron chi connectivity index (χ4n) is 3.05. The summed E-state index contributed by atoms with van der Waals surface area (Å²) in [5.41, 5.74) is 1.48. The maximum absolute atomic E-state index is 12.8. The molecule has 1 N–H and O–H groups in total. The van der Waals surface area contributed by atoms with Crippen LogP contribution < -0.4 is 10.7 Å². The molecule has 0 aliphatic heterocycles. The summed E-state index contributed by atoms with van der Waals surface area (Å²) in [6, 6.07) is 13.6. The van der Waals surface area contributed by atoms with Crippen LogP contribution in [0, 0.1) is 0 Å². The molecule has 0 aliphatic rings. The molecule has 29 heavy (non-hydrogen) atoms. The first-order valence-corrected chi connectivity index (χ1v) is 9.75. The summed E-state index contributed by atoms with van der Waals surface area (Å²) in [6.45, 7) is 5.00. The molecular weight excluding hydrogens is 368 g/mol. The number of pyridine rings is 1. The first-order chi connectivity index (χ1) is 14.0. The zero-order valence-corrected chi connectivity index (χ0v) is 16.6. The first kappa shape index (κ1) is 20.3. The number of anilines is 1. The van der Waals surface area contributed by atoms with Crippen molar-refractivity contribution in [1.82, 2.24) is 4.57 Å². The van der Waals surface area contributed by atoms with Crippen molar-refractivity contribution in [3.63, 3.8) is 0 Å². The number of nitrogens with one attached hydrogen (secondary N) is 1. The van der Waals surface area contributed by atoms with Crippen LogP contribution in [0.3, 0.4) is 0 Å². The summed E-state index contributed by atoms with van der Waals surface area (Å²) in [7, 11) is 0. The molecule has 0 saturated heterocycles. The number of nitrogens with zero attached hydrogens (tertiary/aromatic N) is 1. The SMILES string of the molecule is CCCCOC(=O)c1ccc(NC(=O)c2cn(CC)c3ccccc3c2=O)cc1. The van der Waals surface area contributed by atoms with Crippen molar-refractivity contribution in [3.8, 4) is 0 Å². The number of carbonyl (C=O) groups excluding carboxylic acids is 2. The van der Waals surface area contributed by atoms with Gasteiger partial charge in [0, 0.05) is 23.8 Å². The van der Waals surface area contributed by atoms with Crippen molar-refractivity contribution in [2.45, 2.75) is 33.2 Å². The van der Waals surface area contributed by atoms with Gasteiger partial charge >= 0.3 is 5.97 Å². The summed E-state index contributed by atoms with van der Waals surface area (Å²) < 4.78 is 7.05. The van der Waals surface area contributed by atoms with Crippen LogP contribution in [0.1, 0.15) is 47.4 Å². The first-order valence-electron chi connectivity index (χ1n) is 9.75. The molecule has 0 saturated carbocycles. The lowest BCUT2D eigenvalue weighted by molar-refractivity contribution is 0.0499. The average Bonchev–Trinajstić information content (AvgIpc) is 2.74. The van der Waals surface area contributed by atoms with Crippen LogP contribution >= 0.6 is 0 Å².